The smallest absolute Gasteiger partial charge is 0.323 e. The monoisotopic (exact) mass is 280 g/mol. The second-order valence-corrected chi connectivity index (χ2v) is 5.20. The number of nitrogens with zero attached hydrogens (tertiary/aromatic N) is 1. The summed E-state index contributed by atoms with van der Waals surface area (Å²) in [4.78, 5) is 13.8. The molecule has 2 heterocycles. The highest BCUT2D eigenvalue weighted by atomic mass is 16.5. The van der Waals surface area contributed by atoms with E-state index >= 15 is 0 Å². The lowest BCUT2D eigenvalue weighted by atomic mass is 10.2. The van der Waals surface area contributed by atoms with Gasteiger partial charge in [0.2, 0.25) is 0 Å². The number of rotatable bonds is 5. The predicted molar refractivity (Wildman–Crippen MR) is 77.7 cm³/mol. The zero-order valence-corrected chi connectivity index (χ0v) is 12.1. The third-order valence-electron chi connectivity index (χ3n) is 3.58. The number of ether oxygens (including phenoxy) is 1. The molecular formula is C15H24N2O3. The van der Waals surface area contributed by atoms with Crippen molar-refractivity contribution in [2.75, 3.05) is 24.6 Å². The summed E-state index contributed by atoms with van der Waals surface area (Å²) >= 11 is 0. The summed E-state index contributed by atoms with van der Waals surface area (Å²) < 4.78 is 10.7. The third kappa shape index (κ3) is 4.00. The van der Waals surface area contributed by atoms with Crippen LogP contribution in [0.1, 0.15) is 38.4 Å². The number of nitrogens with two attached hydrogens (primary N) is 1. The van der Waals surface area contributed by atoms with Crippen molar-refractivity contribution in [2.45, 2.75) is 45.1 Å². The van der Waals surface area contributed by atoms with Crippen LogP contribution < -0.4 is 10.6 Å². The normalized spacial score (nSPS) is 17.6. The van der Waals surface area contributed by atoms with Crippen LogP contribution >= 0.6 is 0 Å². The first-order valence-electron chi connectivity index (χ1n) is 7.46. The van der Waals surface area contributed by atoms with Gasteiger partial charge in [0.25, 0.3) is 0 Å². The van der Waals surface area contributed by atoms with Crippen molar-refractivity contribution in [3.63, 3.8) is 0 Å². The fourth-order valence-electron chi connectivity index (χ4n) is 2.49. The lowest BCUT2D eigenvalue weighted by molar-refractivity contribution is -0.144. The van der Waals surface area contributed by atoms with E-state index in [0.717, 1.165) is 24.7 Å². The van der Waals surface area contributed by atoms with Gasteiger partial charge in [0.15, 0.2) is 5.88 Å². The van der Waals surface area contributed by atoms with Gasteiger partial charge in [0.1, 0.15) is 11.8 Å². The van der Waals surface area contributed by atoms with Crippen molar-refractivity contribution in [1.29, 1.82) is 0 Å². The average Bonchev–Trinajstić information content (AvgIpc) is 2.73. The molecule has 1 aliphatic heterocycles. The zero-order valence-electron chi connectivity index (χ0n) is 12.1. The Hall–Kier alpha value is -1.49. The summed E-state index contributed by atoms with van der Waals surface area (Å²) in [6, 6.07) is 3.22. The molecule has 0 aromatic carbocycles. The molecule has 1 unspecified atom stereocenters. The fraction of sp³-hybridized carbons (Fsp3) is 0.667. The number of carbonyl (C=O) groups excluding carboxylic acids is 1. The maximum Gasteiger partial charge on any atom is 0.323 e. The van der Waals surface area contributed by atoms with E-state index in [2.05, 4.69) is 4.90 Å². The van der Waals surface area contributed by atoms with Gasteiger partial charge in [0.05, 0.1) is 6.61 Å². The topological polar surface area (TPSA) is 68.7 Å². The van der Waals surface area contributed by atoms with Gasteiger partial charge in [-0.15, -0.1) is 0 Å². The van der Waals surface area contributed by atoms with Crippen LogP contribution in [0, 0.1) is 0 Å². The number of carbonyl (C=O) groups is 1. The van der Waals surface area contributed by atoms with Gasteiger partial charge in [-0.05, 0) is 25.8 Å². The van der Waals surface area contributed by atoms with Crippen molar-refractivity contribution < 1.29 is 13.9 Å². The third-order valence-corrected chi connectivity index (χ3v) is 3.58. The van der Waals surface area contributed by atoms with Crippen molar-refractivity contribution in [3.05, 3.63) is 17.9 Å². The molecule has 1 atom stereocenters. The van der Waals surface area contributed by atoms with Crippen LogP contribution in [-0.2, 0) is 16.0 Å². The Morgan fingerprint density at radius 2 is 2.05 bits per heavy atom. The molecule has 112 valence electrons. The van der Waals surface area contributed by atoms with Crippen LogP contribution in [0.15, 0.2) is 16.5 Å². The van der Waals surface area contributed by atoms with Gasteiger partial charge >= 0.3 is 5.97 Å². The molecule has 1 aromatic rings. The molecule has 2 rings (SSSR count). The molecule has 5 nitrogen and oxygen atoms in total. The summed E-state index contributed by atoms with van der Waals surface area (Å²) in [5.41, 5.74) is 5.80. The van der Waals surface area contributed by atoms with E-state index in [1.165, 1.54) is 25.7 Å². The highest BCUT2D eigenvalue weighted by Crippen LogP contribution is 2.22. The molecule has 1 fully saturated rings. The van der Waals surface area contributed by atoms with Crippen LogP contribution in [0.5, 0.6) is 0 Å². The van der Waals surface area contributed by atoms with Crippen molar-refractivity contribution in [2.24, 2.45) is 5.73 Å². The van der Waals surface area contributed by atoms with E-state index in [-0.39, 0.29) is 5.97 Å². The zero-order chi connectivity index (χ0) is 14.4. The molecule has 0 aliphatic carbocycles. The second kappa shape index (κ2) is 7.33. The van der Waals surface area contributed by atoms with E-state index in [4.69, 9.17) is 14.9 Å². The Morgan fingerprint density at radius 1 is 1.35 bits per heavy atom. The quantitative estimate of drug-likeness (QED) is 0.836. The Kier molecular flexibility index (Phi) is 5.47. The van der Waals surface area contributed by atoms with Crippen LogP contribution in [0.4, 0.5) is 5.88 Å². The van der Waals surface area contributed by atoms with Gasteiger partial charge in [-0.2, -0.15) is 0 Å². The molecule has 0 radical (unpaired) electrons. The fourth-order valence-corrected chi connectivity index (χ4v) is 2.49. The minimum atomic E-state index is -0.655. The van der Waals surface area contributed by atoms with Crippen LogP contribution in [0.3, 0.4) is 0 Å². The number of anilines is 1. The van der Waals surface area contributed by atoms with Crippen LogP contribution in [0.25, 0.3) is 0 Å². The van der Waals surface area contributed by atoms with Crippen molar-refractivity contribution >= 4 is 11.9 Å². The average molecular weight is 280 g/mol. The summed E-state index contributed by atoms with van der Waals surface area (Å²) in [6.07, 6.45) is 5.37. The molecule has 2 N–H and O–H groups in total. The molecule has 5 heteroatoms. The Labute approximate surface area is 120 Å². The number of hydrogen-bond donors (Lipinski definition) is 1. The highest BCUT2D eigenvalue weighted by Gasteiger charge is 2.19. The molecular weight excluding hydrogens is 256 g/mol. The first kappa shape index (κ1) is 14.9. The minimum absolute atomic E-state index is 0.351. The summed E-state index contributed by atoms with van der Waals surface area (Å²) in [5, 5.41) is 0. The lowest BCUT2D eigenvalue weighted by Crippen LogP contribution is -2.34. The van der Waals surface area contributed by atoms with Crippen molar-refractivity contribution in [3.8, 4) is 0 Å². The SMILES string of the molecule is CCOC(=O)C(N)Cc1ccc(N2CCCCCC2)o1. The Bertz CT molecular complexity index is 423. The van der Waals surface area contributed by atoms with Gasteiger partial charge in [-0.25, -0.2) is 0 Å². The van der Waals surface area contributed by atoms with Crippen LogP contribution in [0.2, 0.25) is 0 Å². The maximum atomic E-state index is 11.5. The summed E-state index contributed by atoms with van der Waals surface area (Å²) in [7, 11) is 0. The minimum Gasteiger partial charge on any atom is -0.465 e. The number of furan rings is 1. The van der Waals surface area contributed by atoms with E-state index in [1.54, 1.807) is 6.92 Å². The van der Waals surface area contributed by atoms with Gasteiger partial charge in [-0.1, -0.05) is 12.8 Å². The van der Waals surface area contributed by atoms with E-state index in [0.29, 0.717) is 13.0 Å². The molecule has 0 saturated carbocycles. The van der Waals surface area contributed by atoms with Crippen molar-refractivity contribution in [1.82, 2.24) is 0 Å². The van der Waals surface area contributed by atoms with Crippen LogP contribution in [-0.4, -0.2) is 31.7 Å². The summed E-state index contributed by atoms with van der Waals surface area (Å²) in [6.45, 7) is 4.20. The largest absolute Gasteiger partial charge is 0.465 e. The molecule has 1 saturated heterocycles. The predicted octanol–water partition coefficient (Wildman–Crippen LogP) is 2.09. The molecule has 0 amide bonds. The standard InChI is InChI=1S/C15H24N2O3/c1-2-19-15(18)13(16)11-12-7-8-14(20-12)17-9-5-3-4-6-10-17/h7-8,13H,2-6,9-11,16H2,1H3. The molecule has 1 aliphatic rings. The Morgan fingerprint density at radius 3 is 2.70 bits per heavy atom. The molecule has 0 spiro atoms. The molecule has 0 bridgehead atoms. The molecule has 1 aromatic heterocycles. The lowest BCUT2D eigenvalue weighted by Gasteiger charge is -2.19. The van der Waals surface area contributed by atoms with Gasteiger partial charge in [-0.3, -0.25) is 4.79 Å². The molecule has 20 heavy (non-hydrogen) atoms. The van der Waals surface area contributed by atoms with Gasteiger partial charge in [0, 0.05) is 25.6 Å². The van der Waals surface area contributed by atoms with E-state index in [9.17, 15) is 4.79 Å². The highest BCUT2D eigenvalue weighted by molar-refractivity contribution is 5.75. The number of esters is 1. The number of hydrogen-bond acceptors (Lipinski definition) is 5. The van der Waals surface area contributed by atoms with Gasteiger partial charge < -0.3 is 19.8 Å². The first-order chi connectivity index (χ1) is 9.70. The van der Waals surface area contributed by atoms with E-state index in [1.807, 2.05) is 12.1 Å². The first-order valence-corrected chi connectivity index (χ1v) is 7.46. The maximum absolute atomic E-state index is 11.5. The Balaban J connectivity index is 1.92. The summed E-state index contributed by atoms with van der Waals surface area (Å²) in [5.74, 6) is 1.25. The van der Waals surface area contributed by atoms with E-state index < -0.39 is 6.04 Å². The second-order valence-electron chi connectivity index (χ2n) is 5.20.